The molecule has 0 saturated carbocycles. The molecule has 0 spiro atoms. The van der Waals surface area contributed by atoms with E-state index in [-0.39, 0.29) is 31.7 Å². The van der Waals surface area contributed by atoms with Gasteiger partial charge in [0.15, 0.2) is 0 Å². The van der Waals surface area contributed by atoms with Crippen molar-refractivity contribution >= 4 is 11.9 Å². The number of anilines is 1. The molecule has 5 N–H and O–H groups in total. The molecule has 8 heteroatoms. The minimum Gasteiger partial charge on any atom is -0.394 e. The van der Waals surface area contributed by atoms with Gasteiger partial charge in [-0.25, -0.2) is 4.68 Å². The Balaban J connectivity index is 2.69. The van der Waals surface area contributed by atoms with Crippen molar-refractivity contribution in [3.8, 4) is 0 Å². The van der Waals surface area contributed by atoms with Crippen LogP contribution in [0.1, 0.15) is 10.6 Å². The Kier molecular flexibility index (Phi) is 3.37. The lowest BCUT2D eigenvalue weighted by atomic mass is 10.6. The maximum Gasteiger partial charge on any atom is 0.286 e. The number of aliphatic hydroxyl groups excluding tert-OH is 1. The molecule has 1 amide bonds. The predicted molar refractivity (Wildman–Crippen MR) is 46.0 cm³/mol. The summed E-state index contributed by atoms with van der Waals surface area (Å²) < 4.78 is 6.05. The van der Waals surface area contributed by atoms with Gasteiger partial charge in [0, 0.05) is 0 Å². The maximum absolute atomic E-state index is 10.8. The van der Waals surface area contributed by atoms with Gasteiger partial charge in [0.25, 0.3) is 5.91 Å². The molecule has 0 unspecified atom stereocenters. The van der Waals surface area contributed by atoms with Gasteiger partial charge >= 0.3 is 0 Å². The summed E-state index contributed by atoms with van der Waals surface area (Å²) >= 11 is 0. The molecular weight excluding hydrogens is 190 g/mol. The first kappa shape index (κ1) is 10.4. The van der Waals surface area contributed by atoms with Gasteiger partial charge in [-0.3, -0.25) is 4.79 Å². The van der Waals surface area contributed by atoms with Gasteiger partial charge < -0.3 is 21.3 Å². The Hall–Kier alpha value is -1.67. The van der Waals surface area contributed by atoms with E-state index in [9.17, 15) is 4.79 Å². The van der Waals surface area contributed by atoms with E-state index in [0.717, 1.165) is 4.68 Å². The minimum absolute atomic E-state index is 0.0248. The van der Waals surface area contributed by atoms with E-state index in [4.69, 9.17) is 21.3 Å². The molecular formula is C6H11N5O3. The number of nitrogens with zero attached hydrogens (tertiary/aromatic N) is 3. The predicted octanol–water partition coefficient (Wildman–Crippen LogP) is -2.07. The quantitative estimate of drug-likeness (QED) is 0.469. The van der Waals surface area contributed by atoms with Gasteiger partial charge in [0.1, 0.15) is 6.73 Å². The monoisotopic (exact) mass is 201 g/mol. The van der Waals surface area contributed by atoms with E-state index in [1.165, 1.54) is 0 Å². The summed E-state index contributed by atoms with van der Waals surface area (Å²) in [6.07, 6.45) is 0. The lowest BCUT2D eigenvalue weighted by Gasteiger charge is -2.02. The molecule has 0 radical (unpaired) electrons. The van der Waals surface area contributed by atoms with Crippen LogP contribution in [0.15, 0.2) is 0 Å². The molecule has 0 aliphatic rings. The Bertz CT molecular complexity index is 323. The zero-order valence-electron chi connectivity index (χ0n) is 7.38. The van der Waals surface area contributed by atoms with Crippen molar-refractivity contribution in [3.05, 3.63) is 5.82 Å². The number of hydrogen-bond donors (Lipinski definition) is 3. The highest BCUT2D eigenvalue weighted by molar-refractivity contribution is 5.89. The van der Waals surface area contributed by atoms with Gasteiger partial charge in [-0.2, -0.15) is 4.98 Å². The first-order valence-electron chi connectivity index (χ1n) is 3.84. The SMILES string of the molecule is NC(=O)c1nc(N)nn1COCCO. The molecule has 14 heavy (non-hydrogen) atoms. The van der Waals surface area contributed by atoms with E-state index in [1.807, 2.05) is 0 Å². The number of nitrogen functional groups attached to an aromatic ring is 1. The highest BCUT2D eigenvalue weighted by Crippen LogP contribution is 1.99. The summed E-state index contributed by atoms with van der Waals surface area (Å²) in [6, 6.07) is 0. The summed E-state index contributed by atoms with van der Waals surface area (Å²) in [5.74, 6) is -0.853. The molecule has 0 bridgehead atoms. The van der Waals surface area contributed by atoms with E-state index in [0.29, 0.717) is 0 Å². The molecule has 1 aromatic heterocycles. The Morgan fingerprint density at radius 2 is 2.36 bits per heavy atom. The van der Waals surface area contributed by atoms with Crippen molar-refractivity contribution in [3.63, 3.8) is 0 Å². The Morgan fingerprint density at radius 1 is 1.64 bits per heavy atom. The van der Waals surface area contributed by atoms with Crippen LogP contribution in [0.25, 0.3) is 0 Å². The molecule has 0 fully saturated rings. The fourth-order valence-corrected chi connectivity index (χ4v) is 0.847. The first-order valence-corrected chi connectivity index (χ1v) is 3.84. The highest BCUT2D eigenvalue weighted by Gasteiger charge is 2.12. The average molecular weight is 201 g/mol. The number of aliphatic hydroxyl groups is 1. The second kappa shape index (κ2) is 4.53. The van der Waals surface area contributed by atoms with Gasteiger partial charge in [-0.1, -0.05) is 0 Å². The largest absolute Gasteiger partial charge is 0.394 e. The molecule has 0 aliphatic heterocycles. The van der Waals surface area contributed by atoms with Crippen molar-refractivity contribution in [2.75, 3.05) is 18.9 Å². The van der Waals surface area contributed by atoms with Crippen LogP contribution in [0.3, 0.4) is 0 Å². The highest BCUT2D eigenvalue weighted by atomic mass is 16.5. The summed E-state index contributed by atoms with van der Waals surface area (Å²) in [5, 5.41) is 12.1. The molecule has 0 atom stereocenters. The Labute approximate surface area is 79.5 Å². The smallest absolute Gasteiger partial charge is 0.286 e. The van der Waals surface area contributed by atoms with Crippen LogP contribution >= 0.6 is 0 Å². The number of hydrogen-bond acceptors (Lipinski definition) is 6. The molecule has 0 saturated heterocycles. The van der Waals surface area contributed by atoms with E-state index < -0.39 is 5.91 Å². The van der Waals surface area contributed by atoms with Crippen LogP contribution in [0, 0.1) is 0 Å². The van der Waals surface area contributed by atoms with Crippen LogP contribution < -0.4 is 11.5 Å². The lowest BCUT2D eigenvalue weighted by molar-refractivity contribution is 0.0399. The van der Waals surface area contributed by atoms with Crippen LogP contribution in [0.4, 0.5) is 5.95 Å². The minimum atomic E-state index is -0.734. The molecule has 78 valence electrons. The third kappa shape index (κ3) is 2.41. The van der Waals surface area contributed by atoms with Gasteiger partial charge in [0.2, 0.25) is 11.8 Å². The number of aromatic nitrogens is 3. The van der Waals surface area contributed by atoms with Crippen molar-refractivity contribution in [2.45, 2.75) is 6.73 Å². The van der Waals surface area contributed by atoms with Gasteiger partial charge in [0.05, 0.1) is 13.2 Å². The van der Waals surface area contributed by atoms with Gasteiger partial charge in [-0.05, 0) is 0 Å². The van der Waals surface area contributed by atoms with Crippen molar-refractivity contribution in [2.24, 2.45) is 5.73 Å². The zero-order chi connectivity index (χ0) is 10.6. The number of carbonyl (C=O) groups is 1. The van der Waals surface area contributed by atoms with Crippen LogP contribution in [0.5, 0.6) is 0 Å². The number of carbonyl (C=O) groups excluding carboxylic acids is 1. The maximum atomic E-state index is 10.8. The topological polar surface area (TPSA) is 129 Å². The number of primary amides is 1. The second-order valence-electron chi connectivity index (χ2n) is 2.42. The molecule has 1 heterocycles. The molecule has 0 aliphatic carbocycles. The van der Waals surface area contributed by atoms with Crippen LogP contribution in [0.2, 0.25) is 0 Å². The zero-order valence-corrected chi connectivity index (χ0v) is 7.38. The molecule has 1 aromatic rings. The Morgan fingerprint density at radius 3 is 2.93 bits per heavy atom. The summed E-state index contributed by atoms with van der Waals surface area (Å²) in [7, 11) is 0. The third-order valence-corrected chi connectivity index (χ3v) is 1.36. The standard InChI is InChI=1S/C6H11N5O3/c7-4(13)5-9-6(8)10-11(5)3-14-2-1-12/h12H,1-3H2,(H2,7,13)(H2,8,10). The first-order chi connectivity index (χ1) is 6.65. The van der Waals surface area contributed by atoms with E-state index >= 15 is 0 Å². The lowest BCUT2D eigenvalue weighted by Crippen LogP contribution is -2.20. The van der Waals surface area contributed by atoms with Gasteiger partial charge in [-0.15, -0.1) is 5.10 Å². The number of rotatable bonds is 5. The molecule has 0 aromatic carbocycles. The van der Waals surface area contributed by atoms with Crippen LogP contribution in [-0.4, -0.2) is 39.0 Å². The van der Waals surface area contributed by atoms with Crippen molar-refractivity contribution in [1.29, 1.82) is 0 Å². The second-order valence-corrected chi connectivity index (χ2v) is 2.42. The fourth-order valence-electron chi connectivity index (χ4n) is 0.847. The summed E-state index contributed by atoms with van der Waals surface area (Å²) in [4.78, 5) is 14.4. The van der Waals surface area contributed by atoms with E-state index in [1.54, 1.807) is 0 Å². The normalized spacial score (nSPS) is 10.4. The number of ether oxygens (including phenoxy) is 1. The van der Waals surface area contributed by atoms with Crippen LogP contribution in [-0.2, 0) is 11.5 Å². The third-order valence-electron chi connectivity index (χ3n) is 1.36. The molecule has 8 nitrogen and oxygen atoms in total. The summed E-state index contributed by atoms with van der Waals surface area (Å²) in [6.45, 7) is -0.00289. The fraction of sp³-hybridized carbons (Fsp3) is 0.500. The summed E-state index contributed by atoms with van der Waals surface area (Å²) in [5.41, 5.74) is 10.3. The average Bonchev–Trinajstić information content (AvgIpc) is 2.47. The van der Waals surface area contributed by atoms with Crippen molar-refractivity contribution in [1.82, 2.24) is 14.8 Å². The van der Waals surface area contributed by atoms with Crippen molar-refractivity contribution < 1.29 is 14.6 Å². The van der Waals surface area contributed by atoms with E-state index in [2.05, 4.69) is 10.1 Å². The number of amides is 1. The number of nitrogens with two attached hydrogens (primary N) is 2. The molecule has 1 rings (SSSR count).